The minimum atomic E-state index is 0. The van der Waals surface area contributed by atoms with E-state index in [9.17, 15) is 0 Å². The first-order valence-electron chi connectivity index (χ1n) is 17.3. The molecule has 253 valence electrons. The van der Waals surface area contributed by atoms with Gasteiger partial charge in [0.1, 0.15) is 5.58 Å². The van der Waals surface area contributed by atoms with E-state index in [1.54, 1.807) is 11.3 Å². The molecule has 4 nitrogen and oxygen atoms in total. The van der Waals surface area contributed by atoms with Gasteiger partial charge in [0.25, 0.3) is 0 Å². The van der Waals surface area contributed by atoms with Gasteiger partial charge in [-0.3, -0.25) is 16.3 Å². The first-order chi connectivity index (χ1) is 24.3. The van der Waals surface area contributed by atoms with Crippen LogP contribution in [0.2, 0.25) is 0 Å². The Labute approximate surface area is 315 Å². The molecule has 0 bridgehead atoms. The molecule has 0 aliphatic carbocycles. The number of aryl methyl sites for hydroxylation is 1. The molecular formula is C45H36IrN3OS-. The number of thiophene rings is 1. The molecule has 0 N–H and O–H groups in total. The first kappa shape index (κ1) is 33.3. The van der Waals surface area contributed by atoms with Crippen LogP contribution in [0.4, 0.5) is 0 Å². The molecule has 9 aromatic rings. The number of hydrogen-bond acceptors (Lipinski definition) is 4. The predicted octanol–water partition coefficient (Wildman–Crippen LogP) is 12.9. The fourth-order valence-electron chi connectivity index (χ4n) is 7.29. The zero-order valence-electron chi connectivity index (χ0n) is 29.1. The van der Waals surface area contributed by atoms with Crippen molar-refractivity contribution in [2.45, 2.75) is 46.5 Å². The largest absolute Gasteiger partial charge is 0.438 e. The van der Waals surface area contributed by atoms with E-state index in [0.29, 0.717) is 17.5 Å². The van der Waals surface area contributed by atoms with Crippen molar-refractivity contribution in [2.75, 3.05) is 0 Å². The molecule has 4 heterocycles. The average molecular weight is 859 g/mol. The van der Waals surface area contributed by atoms with Gasteiger partial charge in [-0.05, 0) is 101 Å². The van der Waals surface area contributed by atoms with Crippen LogP contribution >= 0.6 is 11.3 Å². The molecule has 0 aliphatic rings. The normalized spacial score (nSPS) is 11.8. The summed E-state index contributed by atoms with van der Waals surface area (Å²) in [5.74, 6) is 1.51. The summed E-state index contributed by atoms with van der Waals surface area (Å²) in [5.41, 5.74) is 14.2. The number of nitrogens with zero attached hydrogens (tertiary/aromatic N) is 3. The average Bonchev–Trinajstić information content (AvgIpc) is 3.83. The fourth-order valence-corrected chi connectivity index (χ4v) is 8.11. The van der Waals surface area contributed by atoms with Crippen molar-refractivity contribution in [3.63, 3.8) is 0 Å². The van der Waals surface area contributed by atoms with E-state index in [1.165, 1.54) is 32.6 Å². The second-order valence-electron chi connectivity index (χ2n) is 13.8. The number of fused-ring (bicyclic) bond motifs is 5. The van der Waals surface area contributed by atoms with E-state index in [2.05, 4.69) is 152 Å². The number of aromatic nitrogens is 3. The molecular weight excluding hydrogens is 823 g/mol. The second-order valence-corrected chi connectivity index (χ2v) is 14.7. The summed E-state index contributed by atoms with van der Waals surface area (Å²) in [4.78, 5) is 9.98. The Morgan fingerprint density at radius 1 is 0.647 bits per heavy atom. The van der Waals surface area contributed by atoms with E-state index in [-0.39, 0.29) is 20.1 Å². The van der Waals surface area contributed by atoms with Gasteiger partial charge in [0.15, 0.2) is 0 Å². The summed E-state index contributed by atoms with van der Waals surface area (Å²) in [6.45, 7) is 11.2. The van der Waals surface area contributed by atoms with Crippen molar-refractivity contribution in [1.82, 2.24) is 14.5 Å². The van der Waals surface area contributed by atoms with Crippen LogP contribution in [0.25, 0.3) is 82.5 Å². The summed E-state index contributed by atoms with van der Waals surface area (Å²) in [6, 6.07) is 41.3. The Balaban J connectivity index is 0.00000374. The summed E-state index contributed by atoms with van der Waals surface area (Å²) in [5, 5.41) is 6.96. The minimum absolute atomic E-state index is 0. The number of hydrogen-bond donors (Lipinski definition) is 0. The van der Waals surface area contributed by atoms with Gasteiger partial charge >= 0.3 is 0 Å². The topological polar surface area (TPSA) is 43.9 Å². The van der Waals surface area contributed by atoms with Gasteiger partial charge in [-0.25, -0.2) is 4.98 Å². The SMILES string of the molecule is Cc1ccc2c(n1)oc1ccc(-c3ccc4s[c-]c(-c5nc6ccccc6n5-c5c(C(C)C)cc(-c6ccccc6)cc5C(C)C)c4c3)cc12.[Ir]. The molecule has 6 heteroatoms. The maximum absolute atomic E-state index is 6.10. The van der Waals surface area contributed by atoms with Gasteiger partial charge in [0.2, 0.25) is 5.71 Å². The third kappa shape index (κ3) is 5.63. The number of imidazole rings is 1. The predicted molar refractivity (Wildman–Crippen MR) is 210 cm³/mol. The van der Waals surface area contributed by atoms with Crippen molar-refractivity contribution in [2.24, 2.45) is 0 Å². The number of para-hydroxylation sites is 2. The Morgan fingerprint density at radius 3 is 2.08 bits per heavy atom. The first-order valence-corrected chi connectivity index (χ1v) is 18.1. The molecule has 0 saturated heterocycles. The molecule has 0 unspecified atom stereocenters. The molecule has 5 aromatic carbocycles. The molecule has 9 rings (SSSR count). The van der Waals surface area contributed by atoms with Crippen LogP contribution < -0.4 is 0 Å². The number of furan rings is 1. The number of benzene rings is 5. The third-order valence-corrected chi connectivity index (χ3v) is 10.7. The smallest absolute Gasteiger partial charge is 0.227 e. The monoisotopic (exact) mass is 859 g/mol. The van der Waals surface area contributed by atoms with Crippen LogP contribution in [0.1, 0.15) is 56.4 Å². The zero-order valence-corrected chi connectivity index (χ0v) is 32.3. The van der Waals surface area contributed by atoms with E-state index in [1.807, 2.05) is 13.0 Å². The summed E-state index contributed by atoms with van der Waals surface area (Å²) >= 11 is 1.65. The molecule has 51 heavy (non-hydrogen) atoms. The Morgan fingerprint density at radius 2 is 1.33 bits per heavy atom. The van der Waals surface area contributed by atoms with Crippen LogP contribution in [-0.2, 0) is 20.1 Å². The third-order valence-electron chi connectivity index (χ3n) is 9.85. The van der Waals surface area contributed by atoms with Gasteiger partial charge in [0.05, 0.1) is 16.9 Å². The second kappa shape index (κ2) is 13.0. The minimum Gasteiger partial charge on any atom is -0.438 e. The zero-order chi connectivity index (χ0) is 34.1. The van der Waals surface area contributed by atoms with Gasteiger partial charge < -0.3 is 8.98 Å². The van der Waals surface area contributed by atoms with Crippen LogP contribution in [0.15, 0.2) is 120 Å². The molecule has 4 aromatic heterocycles. The van der Waals surface area contributed by atoms with Crippen LogP contribution in [-0.4, -0.2) is 14.5 Å². The van der Waals surface area contributed by atoms with Crippen LogP contribution in [0.5, 0.6) is 0 Å². The Bertz CT molecular complexity index is 2710. The quantitative estimate of drug-likeness (QED) is 0.157. The van der Waals surface area contributed by atoms with E-state index in [4.69, 9.17) is 9.40 Å². The van der Waals surface area contributed by atoms with Crippen molar-refractivity contribution in [1.29, 1.82) is 0 Å². The van der Waals surface area contributed by atoms with Gasteiger partial charge in [-0.15, -0.1) is 5.39 Å². The maximum Gasteiger partial charge on any atom is 0.227 e. The van der Waals surface area contributed by atoms with Crippen molar-refractivity contribution in [3.05, 3.63) is 137 Å². The Hall–Kier alpha value is -4.87. The molecule has 1 radical (unpaired) electrons. The van der Waals surface area contributed by atoms with Crippen molar-refractivity contribution in [3.8, 4) is 39.3 Å². The van der Waals surface area contributed by atoms with E-state index in [0.717, 1.165) is 61.0 Å². The van der Waals surface area contributed by atoms with Crippen LogP contribution in [0.3, 0.4) is 0 Å². The van der Waals surface area contributed by atoms with Crippen LogP contribution in [0, 0.1) is 12.3 Å². The van der Waals surface area contributed by atoms with E-state index < -0.39 is 0 Å². The van der Waals surface area contributed by atoms with E-state index >= 15 is 0 Å². The number of pyridine rings is 1. The summed E-state index contributed by atoms with van der Waals surface area (Å²) in [6.07, 6.45) is 0. The fraction of sp³-hybridized carbons (Fsp3) is 0.156. The number of rotatable bonds is 6. The molecule has 0 spiro atoms. The molecule has 0 aliphatic heterocycles. The van der Waals surface area contributed by atoms with Gasteiger partial charge in [-0.2, -0.15) is 0 Å². The molecule has 0 atom stereocenters. The molecule has 0 saturated carbocycles. The maximum atomic E-state index is 6.10. The summed E-state index contributed by atoms with van der Waals surface area (Å²) < 4.78 is 9.70. The summed E-state index contributed by atoms with van der Waals surface area (Å²) in [7, 11) is 0. The van der Waals surface area contributed by atoms with Crippen molar-refractivity contribution < 1.29 is 24.5 Å². The Kier molecular flexibility index (Phi) is 8.50. The standard InChI is InChI=1S/C45H36N3OS.Ir/c1-26(2)34-23-32(29-11-7-6-8-12-29)24-35(27(3)4)43(34)48-40-14-10-9-13-39(40)47-44(48)38-25-50-42-20-17-31(22-37(38)42)30-16-19-41-36(21-30)33-18-15-28(5)46-45(33)49-41;/h6-24,26-27H,1-5H3;/q-1;. The van der Waals surface area contributed by atoms with Gasteiger partial charge in [0, 0.05) is 42.3 Å². The van der Waals surface area contributed by atoms with Crippen molar-refractivity contribution >= 4 is 54.5 Å². The molecule has 0 amide bonds. The molecule has 0 fully saturated rings. The van der Waals surface area contributed by atoms with Gasteiger partial charge in [-0.1, -0.05) is 110 Å².